The van der Waals surface area contributed by atoms with Gasteiger partial charge in [0.15, 0.2) is 0 Å². The van der Waals surface area contributed by atoms with Gasteiger partial charge in [-0.2, -0.15) is 0 Å². The minimum Gasteiger partial charge on any atom is -0.457 e. The van der Waals surface area contributed by atoms with Crippen LogP contribution in [0.2, 0.25) is 0 Å². The summed E-state index contributed by atoms with van der Waals surface area (Å²) in [5, 5.41) is 0. The maximum atomic E-state index is 13.2. The molecule has 0 aromatic heterocycles. The van der Waals surface area contributed by atoms with Crippen LogP contribution < -0.4 is 4.74 Å². The van der Waals surface area contributed by atoms with Crippen LogP contribution in [-0.4, -0.2) is 0 Å². The van der Waals surface area contributed by atoms with Crippen LogP contribution in [0, 0.1) is 12.7 Å². The van der Waals surface area contributed by atoms with Crippen LogP contribution in [0.25, 0.3) is 0 Å². The molecule has 0 aliphatic rings. The van der Waals surface area contributed by atoms with E-state index in [1.807, 2.05) is 25.1 Å². The standard InChI is InChI=1S/C14H11BrClFO/c1-9-4-10(8-16)2-3-14(9)18-13-6-11(15)5-12(17)7-13/h2-7H,8H2,1H3. The molecule has 0 aliphatic heterocycles. The van der Waals surface area contributed by atoms with Gasteiger partial charge in [0, 0.05) is 16.4 Å². The lowest BCUT2D eigenvalue weighted by molar-refractivity contribution is 0.472. The summed E-state index contributed by atoms with van der Waals surface area (Å²) in [5.74, 6) is 1.28. The molecule has 0 N–H and O–H groups in total. The van der Waals surface area contributed by atoms with Crippen molar-refractivity contribution in [1.82, 2.24) is 0 Å². The van der Waals surface area contributed by atoms with Crippen LogP contribution >= 0.6 is 27.5 Å². The van der Waals surface area contributed by atoms with Gasteiger partial charge in [0.05, 0.1) is 0 Å². The molecule has 0 atom stereocenters. The fourth-order valence-corrected chi connectivity index (χ4v) is 2.23. The summed E-state index contributed by atoms with van der Waals surface area (Å²) in [5.41, 5.74) is 2.00. The van der Waals surface area contributed by atoms with E-state index in [0.29, 0.717) is 21.9 Å². The zero-order valence-electron chi connectivity index (χ0n) is 9.71. The molecule has 2 aromatic carbocycles. The Bertz CT molecular complexity index is 551. The van der Waals surface area contributed by atoms with E-state index >= 15 is 0 Å². The van der Waals surface area contributed by atoms with Gasteiger partial charge < -0.3 is 4.74 Å². The lowest BCUT2D eigenvalue weighted by atomic mass is 10.1. The lowest BCUT2D eigenvalue weighted by Crippen LogP contribution is -1.90. The third kappa shape index (κ3) is 3.24. The van der Waals surface area contributed by atoms with Crippen molar-refractivity contribution in [1.29, 1.82) is 0 Å². The first-order valence-electron chi connectivity index (χ1n) is 5.38. The van der Waals surface area contributed by atoms with Crippen molar-refractivity contribution in [3.8, 4) is 11.5 Å². The number of ether oxygens (including phenoxy) is 1. The van der Waals surface area contributed by atoms with Crippen molar-refractivity contribution in [2.75, 3.05) is 0 Å². The zero-order valence-corrected chi connectivity index (χ0v) is 12.1. The van der Waals surface area contributed by atoms with Crippen LogP contribution in [0.15, 0.2) is 40.9 Å². The van der Waals surface area contributed by atoms with Crippen molar-refractivity contribution in [3.05, 3.63) is 57.8 Å². The van der Waals surface area contributed by atoms with Crippen LogP contribution in [0.1, 0.15) is 11.1 Å². The minimum absolute atomic E-state index is 0.339. The molecular formula is C14H11BrClFO. The largest absolute Gasteiger partial charge is 0.457 e. The van der Waals surface area contributed by atoms with Crippen LogP contribution in [0.5, 0.6) is 11.5 Å². The average Bonchev–Trinajstić information content (AvgIpc) is 2.30. The van der Waals surface area contributed by atoms with E-state index in [1.165, 1.54) is 12.1 Å². The van der Waals surface area contributed by atoms with Gasteiger partial charge in [-0.15, -0.1) is 11.6 Å². The molecule has 94 valence electrons. The molecule has 0 unspecified atom stereocenters. The lowest BCUT2D eigenvalue weighted by Gasteiger charge is -2.10. The fourth-order valence-electron chi connectivity index (χ4n) is 1.62. The highest BCUT2D eigenvalue weighted by Crippen LogP contribution is 2.28. The maximum absolute atomic E-state index is 13.2. The van der Waals surface area contributed by atoms with Gasteiger partial charge in [-0.25, -0.2) is 4.39 Å². The molecular weight excluding hydrogens is 319 g/mol. The second-order valence-corrected chi connectivity index (χ2v) is 5.12. The molecule has 0 heterocycles. The monoisotopic (exact) mass is 328 g/mol. The van der Waals surface area contributed by atoms with Crippen LogP contribution in [-0.2, 0) is 5.88 Å². The van der Waals surface area contributed by atoms with Gasteiger partial charge in [-0.1, -0.05) is 28.1 Å². The fraction of sp³-hybridized carbons (Fsp3) is 0.143. The van der Waals surface area contributed by atoms with Crippen molar-refractivity contribution in [3.63, 3.8) is 0 Å². The molecule has 0 saturated heterocycles. The molecule has 0 spiro atoms. The van der Waals surface area contributed by atoms with E-state index in [2.05, 4.69) is 15.9 Å². The summed E-state index contributed by atoms with van der Waals surface area (Å²) in [6.07, 6.45) is 0. The second-order valence-electron chi connectivity index (χ2n) is 3.94. The Hall–Kier alpha value is -1.06. The summed E-state index contributed by atoms with van der Waals surface area (Å²) in [7, 11) is 0. The molecule has 0 fully saturated rings. The first-order valence-corrected chi connectivity index (χ1v) is 6.70. The Morgan fingerprint density at radius 2 is 2.00 bits per heavy atom. The molecule has 0 saturated carbocycles. The summed E-state index contributed by atoms with van der Waals surface area (Å²) < 4.78 is 19.5. The highest BCUT2D eigenvalue weighted by molar-refractivity contribution is 9.10. The molecule has 0 amide bonds. The van der Waals surface area contributed by atoms with Gasteiger partial charge in [0.2, 0.25) is 0 Å². The van der Waals surface area contributed by atoms with E-state index in [9.17, 15) is 4.39 Å². The predicted octanol–water partition coefficient (Wildman–Crippen LogP) is 5.43. The maximum Gasteiger partial charge on any atom is 0.131 e. The van der Waals surface area contributed by atoms with Gasteiger partial charge in [-0.3, -0.25) is 0 Å². The third-order valence-electron chi connectivity index (χ3n) is 2.46. The Labute approximate surface area is 119 Å². The second kappa shape index (κ2) is 5.72. The third-order valence-corrected chi connectivity index (χ3v) is 3.22. The van der Waals surface area contributed by atoms with Gasteiger partial charge >= 0.3 is 0 Å². The summed E-state index contributed by atoms with van der Waals surface area (Å²) in [4.78, 5) is 0. The van der Waals surface area contributed by atoms with Crippen LogP contribution in [0.4, 0.5) is 4.39 Å². The van der Waals surface area contributed by atoms with Gasteiger partial charge in [-0.05, 0) is 36.2 Å². The molecule has 0 bridgehead atoms. The first-order chi connectivity index (χ1) is 8.58. The molecule has 2 aromatic rings. The molecule has 4 heteroatoms. The van der Waals surface area contributed by atoms with Gasteiger partial charge in [0.25, 0.3) is 0 Å². The van der Waals surface area contributed by atoms with Crippen molar-refractivity contribution in [2.45, 2.75) is 12.8 Å². The first kappa shape index (κ1) is 13.4. The van der Waals surface area contributed by atoms with Crippen LogP contribution in [0.3, 0.4) is 0 Å². The minimum atomic E-state index is -0.339. The van der Waals surface area contributed by atoms with Crippen molar-refractivity contribution >= 4 is 27.5 Å². The highest BCUT2D eigenvalue weighted by atomic mass is 79.9. The van der Waals surface area contributed by atoms with E-state index in [-0.39, 0.29) is 5.82 Å². The Morgan fingerprint density at radius 3 is 2.61 bits per heavy atom. The molecule has 0 aliphatic carbocycles. The Balaban J connectivity index is 2.28. The van der Waals surface area contributed by atoms with E-state index in [4.69, 9.17) is 16.3 Å². The predicted molar refractivity (Wildman–Crippen MR) is 74.9 cm³/mol. The number of alkyl halides is 1. The smallest absolute Gasteiger partial charge is 0.131 e. The summed E-state index contributed by atoms with van der Waals surface area (Å²) >= 11 is 8.99. The topological polar surface area (TPSA) is 9.23 Å². The van der Waals surface area contributed by atoms with E-state index in [1.54, 1.807) is 6.07 Å². The van der Waals surface area contributed by atoms with Crippen molar-refractivity contribution in [2.24, 2.45) is 0 Å². The summed E-state index contributed by atoms with van der Waals surface area (Å²) in [6, 6.07) is 10.1. The number of rotatable bonds is 3. The van der Waals surface area contributed by atoms with E-state index < -0.39 is 0 Å². The van der Waals surface area contributed by atoms with Gasteiger partial charge in [0.1, 0.15) is 17.3 Å². The average molecular weight is 330 g/mol. The quantitative estimate of drug-likeness (QED) is 0.682. The molecule has 18 heavy (non-hydrogen) atoms. The molecule has 2 rings (SSSR count). The Kier molecular flexibility index (Phi) is 4.25. The number of hydrogen-bond donors (Lipinski definition) is 0. The normalized spacial score (nSPS) is 10.4. The number of halogens is 3. The molecule has 1 nitrogen and oxygen atoms in total. The number of benzene rings is 2. The number of aryl methyl sites for hydroxylation is 1. The number of hydrogen-bond acceptors (Lipinski definition) is 1. The Morgan fingerprint density at radius 1 is 1.22 bits per heavy atom. The van der Waals surface area contributed by atoms with E-state index in [0.717, 1.165) is 11.1 Å². The highest BCUT2D eigenvalue weighted by Gasteiger charge is 2.05. The SMILES string of the molecule is Cc1cc(CCl)ccc1Oc1cc(F)cc(Br)c1. The summed E-state index contributed by atoms with van der Waals surface area (Å²) in [6.45, 7) is 1.93. The molecule has 0 radical (unpaired) electrons. The van der Waals surface area contributed by atoms with Crippen molar-refractivity contribution < 1.29 is 9.13 Å². The zero-order chi connectivity index (χ0) is 13.1.